The number of nitrogens with one attached hydrogen (secondary N) is 2. The molecule has 0 atom stereocenters. The van der Waals surface area contributed by atoms with E-state index >= 15 is 0 Å². The monoisotopic (exact) mass is 320 g/mol. The van der Waals surface area contributed by atoms with Crippen LogP contribution >= 0.6 is 0 Å². The molecule has 0 unspecified atom stereocenters. The van der Waals surface area contributed by atoms with Crippen LogP contribution in [0, 0.1) is 0 Å². The second kappa shape index (κ2) is 6.13. The van der Waals surface area contributed by atoms with E-state index in [9.17, 15) is 4.79 Å². The summed E-state index contributed by atoms with van der Waals surface area (Å²) in [5, 5.41) is 4.19. The normalized spacial score (nSPS) is 16.8. The Morgan fingerprint density at radius 3 is 2.58 bits per heavy atom. The minimum absolute atomic E-state index is 0.0469. The summed E-state index contributed by atoms with van der Waals surface area (Å²) >= 11 is 0. The quantitative estimate of drug-likeness (QED) is 0.770. The summed E-state index contributed by atoms with van der Waals surface area (Å²) in [5.74, 6) is 0.0469. The molecule has 3 aromatic rings. The van der Waals surface area contributed by atoms with Crippen molar-refractivity contribution >= 4 is 22.5 Å². The molecular formula is C20H20N2O2. The van der Waals surface area contributed by atoms with Gasteiger partial charge in [-0.25, -0.2) is 0 Å². The van der Waals surface area contributed by atoms with Crippen molar-refractivity contribution in [1.29, 1.82) is 0 Å². The van der Waals surface area contributed by atoms with E-state index < -0.39 is 5.41 Å². The number of hydrogen-bond acceptors (Lipinski definition) is 2. The number of aromatic amines is 1. The molecule has 0 radical (unpaired) electrons. The van der Waals surface area contributed by atoms with Crippen LogP contribution in [0.4, 0.5) is 5.69 Å². The lowest BCUT2D eigenvalue weighted by atomic mass is 9.73. The van der Waals surface area contributed by atoms with Crippen LogP contribution in [0.2, 0.25) is 0 Å². The number of aromatic nitrogens is 1. The van der Waals surface area contributed by atoms with Crippen LogP contribution in [-0.2, 0) is 14.9 Å². The second-order valence-corrected chi connectivity index (χ2v) is 6.26. The van der Waals surface area contributed by atoms with E-state index in [-0.39, 0.29) is 5.91 Å². The topological polar surface area (TPSA) is 54.1 Å². The van der Waals surface area contributed by atoms with Gasteiger partial charge in [0.1, 0.15) is 0 Å². The zero-order valence-electron chi connectivity index (χ0n) is 13.4. The van der Waals surface area contributed by atoms with Crippen molar-refractivity contribution in [2.75, 3.05) is 18.5 Å². The van der Waals surface area contributed by atoms with Gasteiger partial charge in [-0.1, -0.05) is 36.4 Å². The third-order valence-corrected chi connectivity index (χ3v) is 4.95. The van der Waals surface area contributed by atoms with Crippen LogP contribution in [0.1, 0.15) is 18.4 Å². The number of amides is 1. The van der Waals surface area contributed by atoms with Crippen LogP contribution in [-0.4, -0.2) is 24.1 Å². The lowest BCUT2D eigenvalue weighted by Gasteiger charge is -2.36. The maximum atomic E-state index is 13.3. The zero-order chi connectivity index (χ0) is 16.4. The summed E-state index contributed by atoms with van der Waals surface area (Å²) in [7, 11) is 0. The van der Waals surface area contributed by atoms with Gasteiger partial charge in [-0.05, 0) is 36.6 Å². The molecule has 0 saturated carbocycles. The zero-order valence-corrected chi connectivity index (χ0v) is 13.4. The SMILES string of the molecule is O=C(Nc1cccc2[nH]ccc12)C1(c2ccccc2)CCOCC1. The molecule has 122 valence electrons. The van der Waals surface area contributed by atoms with E-state index in [0.29, 0.717) is 26.1 Å². The molecule has 1 fully saturated rings. The lowest BCUT2D eigenvalue weighted by Crippen LogP contribution is -2.44. The molecule has 1 saturated heterocycles. The van der Waals surface area contributed by atoms with E-state index in [2.05, 4.69) is 10.3 Å². The molecule has 4 nitrogen and oxygen atoms in total. The van der Waals surface area contributed by atoms with E-state index in [1.165, 1.54) is 0 Å². The Hall–Kier alpha value is -2.59. The van der Waals surface area contributed by atoms with Gasteiger partial charge in [-0.15, -0.1) is 0 Å². The van der Waals surface area contributed by atoms with Crippen molar-refractivity contribution in [2.45, 2.75) is 18.3 Å². The predicted molar refractivity (Wildman–Crippen MR) is 95.1 cm³/mol. The summed E-state index contributed by atoms with van der Waals surface area (Å²) in [6, 6.07) is 18.0. The van der Waals surface area contributed by atoms with Gasteiger partial charge in [0.05, 0.1) is 11.1 Å². The van der Waals surface area contributed by atoms with Crippen LogP contribution in [0.3, 0.4) is 0 Å². The van der Waals surface area contributed by atoms with Crippen molar-refractivity contribution in [1.82, 2.24) is 4.98 Å². The van der Waals surface area contributed by atoms with Gasteiger partial charge in [-0.2, -0.15) is 0 Å². The molecule has 2 heterocycles. The number of ether oxygens (including phenoxy) is 1. The number of benzene rings is 2. The average molecular weight is 320 g/mol. The third-order valence-electron chi connectivity index (χ3n) is 4.95. The van der Waals surface area contributed by atoms with Crippen molar-refractivity contribution in [2.24, 2.45) is 0 Å². The first-order chi connectivity index (χ1) is 11.8. The molecule has 4 heteroatoms. The number of carbonyl (C=O) groups excluding carboxylic acids is 1. The highest BCUT2D eigenvalue weighted by Gasteiger charge is 2.41. The largest absolute Gasteiger partial charge is 0.381 e. The Labute approximate surface area is 140 Å². The molecule has 2 aromatic carbocycles. The number of carbonyl (C=O) groups is 1. The Morgan fingerprint density at radius 1 is 1.00 bits per heavy atom. The van der Waals surface area contributed by atoms with E-state index in [1.807, 2.05) is 60.8 Å². The summed E-state index contributed by atoms with van der Waals surface area (Å²) in [6.45, 7) is 1.22. The molecule has 2 N–H and O–H groups in total. The average Bonchev–Trinajstić information content (AvgIpc) is 3.13. The summed E-state index contributed by atoms with van der Waals surface area (Å²) in [6.07, 6.45) is 3.29. The van der Waals surface area contributed by atoms with Crippen molar-refractivity contribution < 1.29 is 9.53 Å². The van der Waals surface area contributed by atoms with Crippen molar-refractivity contribution in [3.05, 3.63) is 66.4 Å². The lowest BCUT2D eigenvalue weighted by molar-refractivity contribution is -0.125. The van der Waals surface area contributed by atoms with Crippen molar-refractivity contribution in [3.8, 4) is 0 Å². The van der Waals surface area contributed by atoms with Crippen LogP contribution in [0.5, 0.6) is 0 Å². The first-order valence-electron chi connectivity index (χ1n) is 8.30. The van der Waals surface area contributed by atoms with Gasteiger partial charge >= 0.3 is 0 Å². The fraction of sp³-hybridized carbons (Fsp3) is 0.250. The highest BCUT2D eigenvalue weighted by molar-refractivity contribution is 6.05. The number of anilines is 1. The Balaban J connectivity index is 1.71. The molecule has 0 spiro atoms. The standard InChI is InChI=1S/C20H20N2O2/c23-19(22-18-8-4-7-17-16(18)9-12-21-17)20(10-13-24-14-11-20)15-5-2-1-3-6-15/h1-9,12,21H,10-11,13-14H2,(H,22,23). The van der Waals surface area contributed by atoms with E-state index in [4.69, 9.17) is 4.74 Å². The number of fused-ring (bicyclic) bond motifs is 1. The van der Waals surface area contributed by atoms with Gasteiger partial charge in [0.25, 0.3) is 0 Å². The van der Waals surface area contributed by atoms with Gasteiger partial charge in [0.15, 0.2) is 0 Å². The molecule has 0 aliphatic carbocycles. The van der Waals surface area contributed by atoms with Crippen LogP contribution in [0.15, 0.2) is 60.8 Å². The highest BCUT2D eigenvalue weighted by Crippen LogP contribution is 2.36. The number of hydrogen-bond donors (Lipinski definition) is 2. The van der Waals surface area contributed by atoms with Gasteiger partial charge in [0.2, 0.25) is 5.91 Å². The molecule has 1 aromatic heterocycles. The summed E-state index contributed by atoms with van der Waals surface area (Å²) in [4.78, 5) is 16.5. The Morgan fingerprint density at radius 2 is 1.79 bits per heavy atom. The summed E-state index contributed by atoms with van der Waals surface area (Å²) in [5.41, 5.74) is 2.40. The predicted octanol–water partition coefficient (Wildman–Crippen LogP) is 3.85. The van der Waals surface area contributed by atoms with E-state index in [0.717, 1.165) is 22.2 Å². The second-order valence-electron chi connectivity index (χ2n) is 6.26. The first-order valence-corrected chi connectivity index (χ1v) is 8.30. The number of rotatable bonds is 3. The summed E-state index contributed by atoms with van der Waals surface area (Å²) < 4.78 is 5.52. The molecule has 4 rings (SSSR count). The number of H-pyrrole nitrogens is 1. The van der Waals surface area contributed by atoms with E-state index in [1.54, 1.807) is 0 Å². The molecule has 24 heavy (non-hydrogen) atoms. The molecule has 1 aliphatic rings. The molecule has 0 bridgehead atoms. The Kier molecular flexibility index (Phi) is 3.82. The van der Waals surface area contributed by atoms with Gasteiger partial charge < -0.3 is 15.0 Å². The molecule has 1 amide bonds. The van der Waals surface area contributed by atoms with Gasteiger partial charge in [0, 0.05) is 30.3 Å². The maximum Gasteiger partial charge on any atom is 0.235 e. The van der Waals surface area contributed by atoms with Crippen LogP contribution in [0.25, 0.3) is 10.9 Å². The van der Waals surface area contributed by atoms with Crippen LogP contribution < -0.4 is 5.32 Å². The maximum absolute atomic E-state index is 13.3. The molecule has 1 aliphatic heterocycles. The van der Waals surface area contributed by atoms with Crippen molar-refractivity contribution in [3.63, 3.8) is 0 Å². The molecular weight excluding hydrogens is 300 g/mol. The first kappa shape index (κ1) is 15.0. The van der Waals surface area contributed by atoms with Gasteiger partial charge in [-0.3, -0.25) is 4.79 Å². The highest BCUT2D eigenvalue weighted by atomic mass is 16.5. The Bertz CT molecular complexity index is 848. The third kappa shape index (κ3) is 2.49. The minimum Gasteiger partial charge on any atom is -0.381 e. The minimum atomic E-state index is -0.530. The fourth-order valence-corrected chi connectivity index (χ4v) is 3.56. The fourth-order valence-electron chi connectivity index (χ4n) is 3.56. The smallest absolute Gasteiger partial charge is 0.235 e.